The molecular formula is C17H17N3O2S. The molecule has 0 aliphatic carbocycles. The molecule has 23 heavy (non-hydrogen) atoms. The number of benzene rings is 1. The Hall–Kier alpha value is -2.47. The lowest BCUT2D eigenvalue weighted by Crippen LogP contribution is -2.26. The van der Waals surface area contributed by atoms with Crippen LogP contribution in [0.15, 0.2) is 41.2 Å². The largest absolute Gasteiger partial charge is 0.494 e. The normalized spacial score (nSPS) is 11.0. The molecule has 6 heteroatoms. The third-order valence-electron chi connectivity index (χ3n) is 3.89. The van der Waals surface area contributed by atoms with Crippen molar-refractivity contribution in [3.05, 3.63) is 51.5 Å². The van der Waals surface area contributed by atoms with E-state index in [1.165, 1.54) is 4.57 Å². The summed E-state index contributed by atoms with van der Waals surface area (Å²) < 4.78 is 3.35. The molecule has 0 spiro atoms. The average Bonchev–Trinajstić information content (AvgIpc) is 2.55. The summed E-state index contributed by atoms with van der Waals surface area (Å²) in [5.74, 6) is -0.130. The molecule has 0 saturated heterocycles. The van der Waals surface area contributed by atoms with Crippen LogP contribution in [0.3, 0.4) is 0 Å². The maximum absolute atomic E-state index is 12.7. The van der Waals surface area contributed by atoms with Gasteiger partial charge in [-0.2, -0.15) is 0 Å². The summed E-state index contributed by atoms with van der Waals surface area (Å²) in [4.78, 5) is 17.3. The first kappa shape index (κ1) is 15.4. The highest BCUT2D eigenvalue weighted by atomic mass is 32.1. The molecule has 3 rings (SSSR count). The van der Waals surface area contributed by atoms with Gasteiger partial charge >= 0.3 is 0 Å². The Morgan fingerprint density at radius 3 is 2.48 bits per heavy atom. The average molecular weight is 327 g/mol. The third kappa shape index (κ3) is 2.45. The quantitative estimate of drug-likeness (QED) is 0.750. The second-order valence-corrected chi connectivity index (χ2v) is 5.53. The van der Waals surface area contributed by atoms with Crippen molar-refractivity contribution < 1.29 is 5.11 Å². The zero-order valence-electron chi connectivity index (χ0n) is 13.0. The molecule has 5 nitrogen and oxygen atoms in total. The summed E-state index contributed by atoms with van der Waals surface area (Å²) in [7, 11) is 0. The van der Waals surface area contributed by atoms with Gasteiger partial charge in [0, 0.05) is 18.5 Å². The van der Waals surface area contributed by atoms with E-state index in [-0.39, 0.29) is 17.0 Å². The van der Waals surface area contributed by atoms with Gasteiger partial charge in [-0.15, -0.1) is 0 Å². The first-order chi connectivity index (χ1) is 11.1. The fraction of sp³-hybridized carbons (Fsp3) is 0.235. The van der Waals surface area contributed by atoms with Crippen LogP contribution in [0, 0.1) is 4.77 Å². The highest BCUT2D eigenvalue weighted by Gasteiger charge is 2.18. The van der Waals surface area contributed by atoms with Gasteiger partial charge in [0.1, 0.15) is 5.56 Å². The molecule has 0 saturated carbocycles. The molecule has 0 atom stereocenters. The van der Waals surface area contributed by atoms with Crippen molar-refractivity contribution in [3.8, 4) is 17.1 Å². The molecule has 0 aliphatic heterocycles. The van der Waals surface area contributed by atoms with Crippen LogP contribution in [0.2, 0.25) is 0 Å². The van der Waals surface area contributed by atoms with Gasteiger partial charge in [-0.05, 0) is 38.2 Å². The summed E-state index contributed by atoms with van der Waals surface area (Å²) >= 11 is 5.30. The second-order valence-electron chi connectivity index (χ2n) is 5.16. The van der Waals surface area contributed by atoms with Crippen molar-refractivity contribution in [1.82, 2.24) is 14.1 Å². The summed E-state index contributed by atoms with van der Waals surface area (Å²) in [5, 5.41) is 11.5. The molecule has 118 valence electrons. The minimum Gasteiger partial charge on any atom is -0.494 e. The number of pyridine rings is 1. The van der Waals surface area contributed by atoms with Gasteiger partial charge in [0.25, 0.3) is 5.56 Å². The molecule has 0 fully saturated rings. The van der Waals surface area contributed by atoms with Crippen molar-refractivity contribution in [1.29, 1.82) is 0 Å². The minimum absolute atomic E-state index is 0.130. The van der Waals surface area contributed by atoms with E-state index in [0.29, 0.717) is 23.6 Å². The van der Waals surface area contributed by atoms with Crippen molar-refractivity contribution in [2.24, 2.45) is 0 Å². The maximum Gasteiger partial charge on any atom is 0.267 e. The van der Waals surface area contributed by atoms with E-state index in [0.717, 1.165) is 10.9 Å². The van der Waals surface area contributed by atoms with Crippen molar-refractivity contribution in [2.45, 2.75) is 26.9 Å². The Labute approximate surface area is 138 Å². The fourth-order valence-corrected chi connectivity index (χ4v) is 3.11. The molecule has 0 amide bonds. The number of aromatic hydroxyl groups is 1. The third-order valence-corrected chi connectivity index (χ3v) is 4.33. The standard InChI is InChI=1S/C17H17N3O2S/c1-3-19-15(21)14(16(22)20(4-2)17(19)23)13-10-9-11-7-5-6-8-12(11)18-13/h5-10,21H,3-4H2,1-2H3. The molecule has 2 aromatic heterocycles. The maximum atomic E-state index is 12.7. The highest BCUT2D eigenvalue weighted by molar-refractivity contribution is 7.71. The Bertz CT molecular complexity index is 1000. The number of rotatable bonds is 3. The minimum atomic E-state index is -0.317. The van der Waals surface area contributed by atoms with Gasteiger partial charge in [0.05, 0.1) is 11.2 Å². The fourth-order valence-electron chi connectivity index (χ4n) is 2.68. The molecule has 1 aromatic carbocycles. The lowest BCUT2D eigenvalue weighted by molar-refractivity contribution is 0.403. The number of aromatic nitrogens is 3. The summed E-state index contributed by atoms with van der Waals surface area (Å²) in [6.45, 7) is 4.65. The SMILES string of the molecule is CCn1c(O)c(-c2ccc3ccccc3n2)c(=O)n(CC)c1=S. The Morgan fingerprint density at radius 2 is 1.78 bits per heavy atom. The summed E-state index contributed by atoms with van der Waals surface area (Å²) in [6, 6.07) is 11.3. The Balaban J connectivity index is 2.38. The van der Waals surface area contributed by atoms with Crippen LogP contribution in [0.5, 0.6) is 5.88 Å². The lowest BCUT2D eigenvalue weighted by atomic mass is 10.1. The van der Waals surface area contributed by atoms with E-state index in [1.807, 2.05) is 44.2 Å². The molecule has 2 heterocycles. The smallest absolute Gasteiger partial charge is 0.267 e. The lowest BCUT2D eigenvalue weighted by Gasteiger charge is -2.15. The van der Waals surface area contributed by atoms with Crippen molar-refractivity contribution >= 4 is 23.1 Å². The van der Waals surface area contributed by atoms with Crippen molar-refractivity contribution in [3.63, 3.8) is 0 Å². The van der Waals surface area contributed by atoms with E-state index in [1.54, 1.807) is 10.6 Å². The monoisotopic (exact) mass is 327 g/mol. The van der Waals surface area contributed by atoms with E-state index in [9.17, 15) is 9.90 Å². The van der Waals surface area contributed by atoms with Gasteiger partial charge in [-0.25, -0.2) is 4.98 Å². The van der Waals surface area contributed by atoms with Crippen LogP contribution >= 0.6 is 12.2 Å². The van der Waals surface area contributed by atoms with Crippen molar-refractivity contribution in [2.75, 3.05) is 0 Å². The number of fused-ring (bicyclic) bond motifs is 1. The van der Waals surface area contributed by atoms with E-state index in [4.69, 9.17) is 12.2 Å². The number of hydrogen-bond acceptors (Lipinski definition) is 4. The van der Waals surface area contributed by atoms with Crippen LogP contribution in [0.1, 0.15) is 13.8 Å². The summed E-state index contributed by atoms with van der Waals surface area (Å²) in [6.07, 6.45) is 0. The van der Waals surface area contributed by atoms with Crippen LogP contribution in [-0.2, 0) is 13.1 Å². The zero-order valence-corrected chi connectivity index (χ0v) is 13.8. The highest BCUT2D eigenvalue weighted by Crippen LogP contribution is 2.26. The molecule has 0 bridgehead atoms. The topological polar surface area (TPSA) is 60.0 Å². The molecular weight excluding hydrogens is 310 g/mol. The molecule has 0 radical (unpaired) electrons. The Morgan fingerprint density at radius 1 is 1.09 bits per heavy atom. The van der Waals surface area contributed by atoms with E-state index >= 15 is 0 Å². The predicted molar refractivity (Wildman–Crippen MR) is 93.3 cm³/mol. The zero-order chi connectivity index (χ0) is 16.6. The summed E-state index contributed by atoms with van der Waals surface area (Å²) in [5.41, 5.74) is 1.10. The predicted octanol–water partition coefficient (Wildman–Crippen LogP) is 3.34. The number of nitrogens with zero attached hydrogens (tertiary/aromatic N) is 3. The van der Waals surface area contributed by atoms with Crippen LogP contribution in [0.4, 0.5) is 0 Å². The van der Waals surface area contributed by atoms with Crippen LogP contribution in [-0.4, -0.2) is 19.2 Å². The first-order valence-electron chi connectivity index (χ1n) is 7.51. The number of para-hydroxylation sites is 1. The van der Waals surface area contributed by atoms with E-state index < -0.39 is 0 Å². The van der Waals surface area contributed by atoms with Gasteiger partial charge in [0.15, 0.2) is 4.77 Å². The van der Waals surface area contributed by atoms with Gasteiger partial charge in [-0.3, -0.25) is 13.9 Å². The molecule has 1 N–H and O–H groups in total. The van der Waals surface area contributed by atoms with Gasteiger partial charge in [-0.1, -0.05) is 24.3 Å². The number of hydrogen-bond donors (Lipinski definition) is 1. The second kappa shape index (κ2) is 5.96. The Kier molecular flexibility index (Phi) is 4.00. The van der Waals surface area contributed by atoms with Gasteiger partial charge < -0.3 is 5.11 Å². The van der Waals surface area contributed by atoms with Crippen LogP contribution in [0.25, 0.3) is 22.2 Å². The van der Waals surface area contributed by atoms with Gasteiger partial charge in [0.2, 0.25) is 5.88 Å². The first-order valence-corrected chi connectivity index (χ1v) is 7.92. The van der Waals surface area contributed by atoms with E-state index in [2.05, 4.69) is 4.98 Å². The van der Waals surface area contributed by atoms with Crippen LogP contribution < -0.4 is 5.56 Å². The molecule has 0 unspecified atom stereocenters. The molecule has 3 aromatic rings. The molecule has 0 aliphatic rings.